The van der Waals surface area contributed by atoms with E-state index in [1.165, 1.54) is 0 Å². The molecule has 0 saturated heterocycles. The molecule has 84 valence electrons. The van der Waals surface area contributed by atoms with Gasteiger partial charge in [0.05, 0.1) is 26.4 Å². The molecule has 0 aliphatic carbocycles. The first kappa shape index (κ1) is 12.1. The molecule has 0 heterocycles. The summed E-state index contributed by atoms with van der Waals surface area (Å²) < 4.78 is 10.3. The summed E-state index contributed by atoms with van der Waals surface area (Å²) >= 11 is 6.13. The zero-order chi connectivity index (χ0) is 11.3. The van der Waals surface area contributed by atoms with Crippen LogP contribution in [0.4, 0.5) is 0 Å². The van der Waals surface area contributed by atoms with Gasteiger partial charge in [0.1, 0.15) is 0 Å². The molecule has 0 atom stereocenters. The van der Waals surface area contributed by atoms with E-state index in [1.807, 2.05) is 6.07 Å². The Morgan fingerprint density at radius 3 is 2.47 bits per heavy atom. The summed E-state index contributed by atoms with van der Waals surface area (Å²) in [6.45, 7) is 0.510. The smallest absolute Gasteiger partial charge is 0.179 e. The lowest BCUT2D eigenvalue weighted by molar-refractivity contribution is 0.0867. The van der Waals surface area contributed by atoms with Crippen LogP contribution >= 0.6 is 11.6 Å². The van der Waals surface area contributed by atoms with Crippen LogP contribution in [-0.2, 0) is 11.4 Å². The number of nitrogens with one attached hydrogen (secondary N) is 1. The SMILES string of the molecule is CONCc1ccc(OC)c(OC)c1Cl. The molecule has 0 amide bonds. The van der Waals surface area contributed by atoms with Crippen LogP contribution < -0.4 is 15.0 Å². The van der Waals surface area contributed by atoms with E-state index in [9.17, 15) is 0 Å². The number of halogens is 1. The summed E-state index contributed by atoms with van der Waals surface area (Å²) in [5, 5.41) is 0.529. The van der Waals surface area contributed by atoms with Gasteiger partial charge in [-0.2, -0.15) is 5.48 Å². The van der Waals surface area contributed by atoms with Gasteiger partial charge in [0.2, 0.25) is 0 Å². The highest BCUT2D eigenvalue weighted by molar-refractivity contribution is 6.33. The molecular weight excluding hydrogens is 218 g/mol. The maximum atomic E-state index is 6.13. The molecule has 0 aliphatic heterocycles. The van der Waals surface area contributed by atoms with Gasteiger partial charge in [0, 0.05) is 6.54 Å². The van der Waals surface area contributed by atoms with Crippen molar-refractivity contribution in [3.05, 3.63) is 22.7 Å². The molecule has 0 radical (unpaired) electrons. The van der Waals surface area contributed by atoms with E-state index in [0.717, 1.165) is 5.56 Å². The van der Waals surface area contributed by atoms with Crippen LogP contribution in [0.3, 0.4) is 0 Å². The van der Waals surface area contributed by atoms with Gasteiger partial charge in [-0.1, -0.05) is 17.7 Å². The minimum atomic E-state index is 0.510. The molecule has 0 unspecified atom stereocenters. The van der Waals surface area contributed by atoms with Crippen molar-refractivity contribution in [2.75, 3.05) is 21.3 Å². The third-order valence-corrected chi connectivity index (χ3v) is 2.39. The van der Waals surface area contributed by atoms with Crippen molar-refractivity contribution in [3.63, 3.8) is 0 Å². The van der Waals surface area contributed by atoms with Crippen molar-refractivity contribution in [1.29, 1.82) is 0 Å². The molecule has 1 N–H and O–H groups in total. The van der Waals surface area contributed by atoms with Gasteiger partial charge in [-0.25, -0.2) is 0 Å². The summed E-state index contributed by atoms with van der Waals surface area (Å²) in [7, 11) is 4.67. The van der Waals surface area contributed by atoms with E-state index in [2.05, 4.69) is 5.48 Å². The van der Waals surface area contributed by atoms with Crippen molar-refractivity contribution >= 4 is 11.6 Å². The van der Waals surface area contributed by atoms with Crippen LogP contribution in [0.25, 0.3) is 0 Å². The molecule has 5 heteroatoms. The molecule has 1 aromatic carbocycles. The Labute approximate surface area is 94.0 Å². The monoisotopic (exact) mass is 231 g/mol. The third-order valence-electron chi connectivity index (χ3n) is 1.97. The molecule has 0 spiro atoms. The molecule has 0 aliphatic rings. The Morgan fingerprint density at radius 1 is 1.20 bits per heavy atom. The van der Waals surface area contributed by atoms with E-state index in [0.29, 0.717) is 23.1 Å². The van der Waals surface area contributed by atoms with Crippen molar-refractivity contribution in [2.45, 2.75) is 6.54 Å². The van der Waals surface area contributed by atoms with E-state index >= 15 is 0 Å². The predicted octanol–water partition coefficient (Wildman–Crippen LogP) is 2.01. The van der Waals surface area contributed by atoms with Crippen LogP contribution in [0.15, 0.2) is 12.1 Å². The second-order valence-electron chi connectivity index (χ2n) is 2.80. The van der Waals surface area contributed by atoms with Crippen molar-refractivity contribution in [2.24, 2.45) is 0 Å². The molecule has 1 aromatic rings. The number of rotatable bonds is 5. The second kappa shape index (κ2) is 5.80. The number of ether oxygens (including phenoxy) is 2. The van der Waals surface area contributed by atoms with Crippen molar-refractivity contribution in [1.82, 2.24) is 5.48 Å². The topological polar surface area (TPSA) is 39.7 Å². The molecule has 4 nitrogen and oxygen atoms in total. The second-order valence-corrected chi connectivity index (χ2v) is 3.18. The van der Waals surface area contributed by atoms with E-state index in [-0.39, 0.29) is 0 Å². The lowest BCUT2D eigenvalue weighted by atomic mass is 10.2. The molecule has 0 saturated carbocycles. The van der Waals surface area contributed by atoms with E-state index in [1.54, 1.807) is 27.4 Å². The Balaban J connectivity index is 3.00. The Kier molecular flexibility index (Phi) is 4.68. The summed E-state index contributed by atoms with van der Waals surface area (Å²) in [5.41, 5.74) is 3.60. The van der Waals surface area contributed by atoms with Crippen LogP contribution in [0.1, 0.15) is 5.56 Å². The normalized spacial score (nSPS) is 10.1. The number of methoxy groups -OCH3 is 2. The van der Waals surface area contributed by atoms with Gasteiger partial charge in [-0.15, -0.1) is 0 Å². The number of hydroxylamine groups is 1. The summed E-state index contributed by atoms with van der Waals surface area (Å²) in [6, 6.07) is 3.66. The fourth-order valence-electron chi connectivity index (χ4n) is 1.22. The van der Waals surface area contributed by atoms with E-state index in [4.69, 9.17) is 25.9 Å². The molecule has 0 aromatic heterocycles. The minimum absolute atomic E-state index is 0.510. The summed E-state index contributed by atoms with van der Waals surface area (Å²) in [6.07, 6.45) is 0. The number of hydrogen-bond donors (Lipinski definition) is 1. The van der Waals surface area contributed by atoms with Gasteiger partial charge >= 0.3 is 0 Å². The van der Waals surface area contributed by atoms with E-state index < -0.39 is 0 Å². The first-order chi connectivity index (χ1) is 7.24. The highest BCUT2D eigenvalue weighted by Crippen LogP contribution is 2.37. The van der Waals surface area contributed by atoms with Crippen LogP contribution in [-0.4, -0.2) is 21.3 Å². The van der Waals surface area contributed by atoms with Gasteiger partial charge < -0.3 is 14.3 Å². The molecule has 0 fully saturated rings. The Morgan fingerprint density at radius 2 is 1.93 bits per heavy atom. The zero-order valence-electron chi connectivity index (χ0n) is 8.96. The molecule has 15 heavy (non-hydrogen) atoms. The number of hydrogen-bond acceptors (Lipinski definition) is 4. The molecule has 0 bridgehead atoms. The standard InChI is InChI=1S/C10H14ClNO3/c1-13-8-5-4-7(6-12-15-3)9(11)10(8)14-2/h4-5,12H,6H2,1-3H3. The first-order valence-electron chi connectivity index (χ1n) is 4.39. The van der Waals surface area contributed by atoms with Gasteiger partial charge in [0.15, 0.2) is 11.5 Å². The van der Waals surface area contributed by atoms with Crippen LogP contribution in [0, 0.1) is 0 Å². The van der Waals surface area contributed by atoms with Crippen LogP contribution in [0.5, 0.6) is 11.5 Å². The largest absolute Gasteiger partial charge is 0.493 e. The average Bonchev–Trinajstić information content (AvgIpc) is 2.27. The number of benzene rings is 1. The Bertz CT molecular complexity index is 331. The Hall–Kier alpha value is -0.970. The summed E-state index contributed by atoms with van der Waals surface area (Å²) in [4.78, 5) is 4.75. The fourth-order valence-corrected chi connectivity index (χ4v) is 1.52. The average molecular weight is 232 g/mol. The van der Waals surface area contributed by atoms with Gasteiger partial charge in [0.25, 0.3) is 0 Å². The maximum Gasteiger partial charge on any atom is 0.179 e. The van der Waals surface area contributed by atoms with Crippen molar-refractivity contribution in [3.8, 4) is 11.5 Å². The molecular formula is C10H14ClNO3. The quantitative estimate of drug-likeness (QED) is 0.787. The summed E-state index contributed by atoms with van der Waals surface area (Å²) in [5.74, 6) is 1.15. The highest BCUT2D eigenvalue weighted by atomic mass is 35.5. The zero-order valence-corrected chi connectivity index (χ0v) is 9.72. The highest BCUT2D eigenvalue weighted by Gasteiger charge is 2.12. The minimum Gasteiger partial charge on any atom is -0.493 e. The maximum absolute atomic E-state index is 6.13. The fraction of sp³-hybridized carbons (Fsp3) is 0.400. The van der Waals surface area contributed by atoms with Gasteiger partial charge in [-0.3, -0.25) is 0 Å². The van der Waals surface area contributed by atoms with Gasteiger partial charge in [-0.05, 0) is 11.6 Å². The predicted molar refractivity (Wildman–Crippen MR) is 58.4 cm³/mol. The van der Waals surface area contributed by atoms with Crippen molar-refractivity contribution < 1.29 is 14.3 Å². The lowest BCUT2D eigenvalue weighted by Crippen LogP contribution is -2.11. The third kappa shape index (κ3) is 2.75. The molecule has 1 rings (SSSR count). The lowest BCUT2D eigenvalue weighted by Gasteiger charge is -2.12. The first-order valence-corrected chi connectivity index (χ1v) is 4.77. The van der Waals surface area contributed by atoms with Crippen LogP contribution in [0.2, 0.25) is 5.02 Å².